The molecule has 0 bridgehead atoms. The second kappa shape index (κ2) is 10.8. The third-order valence-electron chi connectivity index (χ3n) is 4.85. The molecule has 0 aliphatic carbocycles. The second-order valence-electron chi connectivity index (χ2n) is 8.72. The molecule has 0 unspecified atom stereocenters. The van der Waals surface area contributed by atoms with Crippen molar-refractivity contribution in [1.29, 1.82) is 0 Å². The molecule has 1 aliphatic heterocycles. The lowest BCUT2D eigenvalue weighted by Gasteiger charge is -2.44. The van der Waals surface area contributed by atoms with E-state index in [9.17, 15) is 0 Å². The largest absolute Gasteiger partial charge is 0.492 e. The molecule has 28 heavy (non-hydrogen) atoms. The van der Waals surface area contributed by atoms with E-state index in [-0.39, 0.29) is 5.60 Å². The monoisotopic (exact) mass is 388 g/mol. The summed E-state index contributed by atoms with van der Waals surface area (Å²) in [6.45, 7) is 16.7. The minimum atomic E-state index is -0.101. The molecule has 1 aromatic rings. The van der Waals surface area contributed by atoms with Crippen LogP contribution in [0.4, 0.5) is 0 Å². The Morgan fingerprint density at radius 3 is 2.54 bits per heavy atom. The fourth-order valence-electron chi connectivity index (χ4n) is 2.78. The van der Waals surface area contributed by atoms with E-state index in [0.717, 1.165) is 31.0 Å². The molecule has 5 heteroatoms. The van der Waals surface area contributed by atoms with Crippen molar-refractivity contribution in [2.24, 2.45) is 5.92 Å². The van der Waals surface area contributed by atoms with Gasteiger partial charge in [0.05, 0.1) is 31.1 Å². The molecule has 1 atom stereocenters. The molecule has 2 heterocycles. The molecule has 0 aromatic carbocycles. The molecular formula is C23H36N2O3. The Labute approximate surface area is 170 Å². The highest BCUT2D eigenvalue weighted by molar-refractivity contribution is 5.31. The Morgan fingerprint density at radius 1 is 1.18 bits per heavy atom. The molecule has 0 N–H and O–H groups in total. The zero-order valence-electron chi connectivity index (χ0n) is 18.3. The predicted octanol–water partition coefficient (Wildman–Crippen LogP) is 3.76. The van der Waals surface area contributed by atoms with E-state index in [2.05, 4.69) is 63.3 Å². The van der Waals surface area contributed by atoms with Gasteiger partial charge in [0, 0.05) is 25.6 Å². The average Bonchev–Trinajstić information content (AvgIpc) is 2.59. The summed E-state index contributed by atoms with van der Waals surface area (Å²) >= 11 is 0. The van der Waals surface area contributed by atoms with E-state index in [1.165, 1.54) is 0 Å². The summed E-state index contributed by atoms with van der Waals surface area (Å²) in [5.41, 5.74) is 0.631. The summed E-state index contributed by atoms with van der Waals surface area (Å²) in [5.74, 6) is 7.53. The minimum Gasteiger partial charge on any atom is -0.492 e. The standard InChI is InChI=1S/C23H36N2O3/c1-18(2)19(3)25-16-22(17-25)27-12-7-9-20-10-11-21(15-24-20)26-13-8-14-28-23(4,5)6/h10-11,15,18-19,22H,8,12-14,16-17H2,1-6H3/t19-/m0/s1. The Balaban J connectivity index is 1.60. The maximum absolute atomic E-state index is 5.80. The summed E-state index contributed by atoms with van der Waals surface area (Å²) in [5, 5.41) is 0. The first kappa shape index (κ1) is 22.7. The highest BCUT2D eigenvalue weighted by atomic mass is 16.5. The molecule has 1 saturated heterocycles. The number of hydrogen-bond acceptors (Lipinski definition) is 5. The molecule has 156 valence electrons. The van der Waals surface area contributed by atoms with E-state index in [1.54, 1.807) is 6.20 Å². The average molecular weight is 389 g/mol. The Kier molecular flexibility index (Phi) is 8.75. The van der Waals surface area contributed by atoms with Crippen LogP contribution in [0, 0.1) is 17.8 Å². The summed E-state index contributed by atoms with van der Waals surface area (Å²) in [4.78, 5) is 6.79. The van der Waals surface area contributed by atoms with Gasteiger partial charge in [0.15, 0.2) is 0 Å². The smallest absolute Gasteiger partial charge is 0.137 e. The van der Waals surface area contributed by atoms with Crippen molar-refractivity contribution in [3.05, 3.63) is 24.0 Å². The number of aromatic nitrogens is 1. The molecule has 5 nitrogen and oxygen atoms in total. The SMILES string of the molecule is CC(C)[C@H](C)N1CC(OCC#Cc2ccc(OCCCOC(C)(C)C)cn2)C1. The molecule has 1 fully saturated rings. The van der Waals surface area contributed by atoms with E-state index in [0.29, 0.717) is 37.9 Å². The van der Waals surface area contributed by atoms with Crippen LogP contribution in [0.1, 0.15) is 53.7 Å². The molecule has 0 amide bonds. The molecule has 0 saturated carbocycles. The van der Waals surface area contributed by atoms with Gasteiger partial charge in [-0.25, -0.2) is 4.98 Å². The molecule has 0 spiro atoms. The summed E-state index contributed by atoms with van der Waals surface area (Å²) in [6.07, 6.45) is 2.87. The Morgan fingerprint density at radius 2 is 1.93 bits per heavy atom. The lowest BCUT2D eigenvalue weighted by molar-refractivity contribution is -0.0655. The number of likely N-dealkylation sites (tertiary alicyclic amines) is 1. The highest BCUT2D eigenvalue weighted by Gasteiger charge is 2.31. The van der Waals surface area contributed by atoms with Crippen molar-refractivity contribution in [2.75, 3.05) is 32.9 Å². The second-order valence-corrected chi connectivity index (χ2v) is 8.72. The van der Waals surface area contributed by atoms with Crippen molar-refractivity contribution in [2.45, 2.75) is 65.7 Å². The van der Waals surface area contributed by atoms with Gasteiger partial charge in [-0.2, -0.15) is 0 Å². The Bertz CT molecular complexity index is 635. The maximum atomic E-state index is 5.80. The zero-order valence-corrected chi connectivity index (χ0v) is 18.3. The fourth-order valence-corrected chi connectivity index (χ4v) is 2.78. The summed E-state index contributed by atoms with van der Waals surface area (Å²) in [6, 6.07) is 4.39. The van der Waals surface area contributed by atoms with Crippen molar-refractivity contribution in [3.8, 4) is 17.6 Å². The van der Waals surface area contributed by atoms with Gasteiger partial charge >= 0.3 is 0 Å². The van der Waals surface area contributed by atoms with Crippen molar-refractivity contribution in [3.63, 3.8) is 0 Å². The third kappa shape index (κ3) is 8.18. The molecule has 1 aliphatic rings. The first-order valence-electron chi connectivity index (χ1n) is 10.3. The van der Waals surface area contributed by atoms with Gasteiger partial charge in [0.2, 0.25) is 0 Å². The number of ether oxygens (including phenoxy) is 3. The first-order chi connectivity index (χ1) is 13.2. The van der Waals surface area contributed by atoms with E-state index in [1.807, 2.05) is 12.1 Å². The first-order valence-corrected chi connectivity index (χ1v) is 10.3. The van der Waals surface area contributed by atoms with Crippen LogP contribution in [0.5, 0.6) is 5.75 Å². The van der Waals surface area contributed by atoms with Gasteiger partial charge in [-0.05, 0) is 51.7 Å². The molecule has 0 radical (unpaired) electrons. The van der Waals surface area contributed by atoms with Crippen LogP contribution in [-0.2, 0) is 9.47 Å². The van der Waals surface area contributed by atoms with Gasteiger partial charge in [-0.3, -0.25) is 4.90 Å². The van der Waals surface area contributed by atoms with Crippen LogP contribution >= 0.6 is 0 Å². The van der Waals surface area contributed by atoms with E-state index >= 15 is 0 Å². The van der Waals surface area contributed by atoms with Crippen LogP contribution < -0.4 is 4.74 Å². The van der Waals surface area contributed by atoms with Gasteiger partial charge in [-0.15, -0.1) is 0 Å². The van der Waals surface area contributed by atoms with Gasteiger partial charge in [-0.1, -0.05) is 19.8 Å². The van der Waals surface area contributed by atoms with Crippen LogP contribution in [0.25, 0.3) is 0 Å². The van der Waals surface area contributed by atoms with Crippen LogP contribution in [0.15, 0.2) is 18.3 Å². The normalized spacial score (nSPS) is 16.4. The van der Waals surface area contributed by atoms with Crippen molar-refractivity contribution in [1.82, 2.24) is 9.88 Å². The van der Waals surface area contributed by atoms with Crippen molar-refractivity contribution >= 4 is 0 Å². The summed E-state index contributed by atoms with van der Waals surface area (Å²) in [7, 11) is 0. The Hall–Kier alpha value is -1.61. The van der Waals surface area contributed by atoms with Crippen molar-refractivity contribution < 1.29 is 14.2 Å². The minimum absolute atomic E-state index is 0.101. The quantitative estimate of drug-likeness (QED) is 0.476. The summed E-state index contributed by atoms with van der Waals surface area (Å²) < 4.78 is 17.2. The van der Waals surface area contributed by atoms with Crippen LogP contribution in [-0.4, -0.2) is 60.5 Å². The fraction of sp³-hybridized carbons (Fsp3) is 0.696. The molecule has 1 aromatic heterocycles. The van der Waals surface area contributed by atoms with Gasteiger partial charge in [0.25, 0.3) is 0 Å². The number of nitrogens with zero attached hydrogens (tertiary/aromatic N) is 2. The maximum Gasteiger partial charge on any atom is 0.137 e. The highest BCUT2D eigenvalue weighted by Crippen LogP contribution is 2.19. The van der Waals surface area contributed by atoms with Gasteiger partial charge < -0.3 is 14.2 Å². The molecular weight excluding hydrogens is 352 g/mol. The van der Waals surface area contributed by atoms with Crippen LogP contribution in [0.2, 0.25) is 0 Å². The zero-order chi connectivity index (χ0) is 20.6. The predicted molar refractivity (Wildman–Crippen MR) is 113 cm³/mol. The number of pyridine rings is 1. The lowest BCUT2D eigenvalue weighted by Crippen LogP contribution is -2.56. The molecule has 2 rings (SSSR count). The van der Waals surface area contributed by atoms with Gasteiger partial charge in [0.1, 0.15) is 18.1 Å². The van der Waals surface area contributed by atoms with E-state index < -0.39 is 0 Å². The lowest BCUT2D eigenvalue weighted by atomic mass is 10.00. The number of hydrogen-bond donors (Lipinski definition) is 0. The van der Waals surface area contributed by atoms with Crippen LogP contribution in [0.3, 0.4) is 0 Å². The number of rotatable bonds is 9. The third-order valence-corrected chi connectivity index (χ3v) is 4.85. The van der Waals surface area contributed by atoms with E-state index in [4.69, 9.17) is 14.2 Å². The topological polar surface area (TPSA) is 43.8 Å².